The third kappa shape index (κ3) is 6.26. The van der Waals surface area contributed by atoms with E-state index in [9.17, 15) is 9.59 Å². The number of piperidine rings is 1. The molecule has 29 heavy (non-hydrogen) atoms. The Hall–Kier alpha value is -1.46. The highest BCUT2D eigenvalue weighted by Gasteiger charge is 2.41. The molecule has 0 radical (unpaired) electrons. The molecular formula is C22H30Cl2N2O3. The van der Waals surface area contributed by atoms with Gasteiger partial charge in [0, 0.05) is 24.7 Å². The Bertz CT molecular complexity index is 764. The zero-order valence-corrected chi connectivity index (χ0v) is 18.9. The van der Waals surface area contributed by atoms with Crippen LogP contribution in [-0.2, 0) is 4.74 Å². The fraction of sp³-hybridized carbons (Fsp3) is 0.636. The molecule has 0 spiro atoms. The zero-order chi connectivity index (χ0) is 21.2. The van der Waals surface area contributed by atoms with Gasteiger partial charge in [0.05, 0.1) is 10.6 Å². The lowest BCUT2D eigenvalue weighted by Crippen LogP contribution is -2.49. The Kier molecular flexibility index (Phi) is 6.69. The van der Waals surface area contributed by atoms with Gasteiger partial charge in [-0.2, -0.15) is 0 Å². The van der Waals surface area contributed by atoms with Crippen molar-refractivity contribution in [3.63, 3.8) is 0 Å². The number of ether oxygens (including phenoxy) is 1. The number of hydrogen-bond donors (Lipinski definition) is 1. The van der Waals surface area contributed by atoms with Gasteiger partial charge in [0.1, 0.15) is 5.60 Å². The SMILES string of the molecule is CC(C)(C)OC(=O)N1CCC(CNC(=O)c2ccc(Cl)cc2Cl)(CC2CC2)CC1. The van der Waals surface area contributed by atoms with Crippen LogP contribution in [0.3, 0.4) is 0 Å². The largest absolute Gasteiger partial charge is 0.444 e. The van der Waals surface area contributed by atoms with Crippen molar-refractivity contribution >= 4 is 35.2 Å². The third-order valence-corrected chi connectivity index (χ3v) is 6.24. The first-order valence-electron chi connectivity index (χ1n) is 10.3. The Morgan fingerprint density at radius 3 is 2.41 bits per heavy atom. The average molecular weight is 441 g/mol. The Morgan fingerprint density at radius 1 is 1.21 bits per heavy atom. The normalized spacial score (nSPS) is 19.0. The molecule has 1 aliphatic carbocycles. The van der Waals surface area contributed by atoms with E-state index in [1.165, 1.54) is 12.8 Å². The summed E-state index contributed by atoms with van der Waals surface area (Å²) >= 11 is 12.1. The van der Waals surface area contributed by atoms with Crippen molar-refractivity contribution < 1.29 is 14.3 Å². The maximum Gasteiger partial charge on any atom is 0.410 e. The fourth-order valence-electron chi connectivity index (χ4n) is 3.91. The minimum Gasteiger partial charge on any atom is -0.444 e. The molecule has 1 saturated carbocycles. The van der Waals surface area contributed by atoms with Crippen molar-refractivity contribution in [2.24, 2.45) is 11.3 Å². The van der Waals surface area contributed by atoms with Gasteiger partial charge in [-0.15, -0.1) is 0 Å². The molecule has 1 saturated heterocycles. The molecule has 1 aromatic carbocycles. The van der Waals surface area contributed by atoms with Crippen molar-refractivity contribution in [2.45, 2.75) is 58.5 Å². The molecule has 1 aliphatic heterocycles. The van der Waals surface area contributed by atoms with Crippen LogP contribution in [0.2, 0.25) is 10.0 Å². The van der Waals surface area contributed by atoms with Crippen LogP contribution < -0.4 is 5.32 Å². The molecule has 0 bridgehead atoms. The lowest BCUT2D eigenvalue weighted by molar-refractivity contribution is 0.00808. The lowest BCUT2D eigenvalue weighted by Gasteiger charge is -2.42. The van der Waals surface area contributed by atoms with Crippen LogP contribution in [0.4, 0.5) is 4.79 Å². The Labute approximate surface area is 183 Å². The molecular weight excluding hydrogens is 411 g/mol. The van der Waals surface area contributed by atoms with E-state index < -0.39 is 5.60 Å². The highest BCUT2D eigenvalue weighted by molar-refractivity contribution is 6.36. The van der Waals surface area contributed by atoms with Gasteiger partial charge in [0.2, 0.25) is 0 Å². The molecule has 160 valence electrons. The summed E-state index contributed by atoms with van der Waals surface area (Å²) in [6.45, 7) is 7.53. The second-order valence-electron chi connectivity index (χ2n) is 9.42. The minimum absolute atomic E-state index is 0.00818. The van der Waals surface area contributed by atoms with Gasteiger partial charge in [-0.05, 0) is 69.6 Å². The smallest absolute Gasteiger partial charge is 0.410 e. The first kappa shape index (κ1) is 22.2. The monoisotopic (exact) mass is 440 g/mol. The highest BCUT2D eigenvalue weighted by atomic mass is 35.5. The van der Waals surface area contributed by atoms with Crippen molar-refractivity contribution in [1.82, 2.24) is 10.2 Å². The van der Waals surface area contributed by atoms with Gasteiger partial charge in [-0.3, -0.25) is 4.79 Å². The third-order valence-electron chi connectivity index (χ3n) is 5.69. The van der Waals surface area contributed by atoms with Crippen LogP contribution in [-0.4, -0.2) is 42.1 Å². The molecule has 2 fully saturated rings. The molecule has 2 amide bonds. The number of nitrogens with one attached hydrogen (secondary N) is 1. The Balaban J connectivity index is 1.61. The predicted octanol–water partition coefficient (Wildman–Crippen LogP) is 5.54. The molecule has 1 aromatic rings. The molecule has 1 heterocycles. The van der Waals surface area contributed by atoms with Gasteiger partial charge in [0.15, 0.2) is 0 Å². The maximum atomic E-state index is 12.7. The van der Waals surface area contributed by atoms with Gasteiger partial charge < -0.3 is 15.0 Å². The highest BCUT2D eigenvalue weighted by Crippen LogP contribution is 2.45. The summed E-state index contributed by atoms with van der Waals surface area (Å²) in [6, 6.07) is 4.90. The fourth-order valence-corrected chi connectivity index (χ4v) is 4.41. The van der Waals surface area contributed by atoms with Crippen molar-refractivity contribution in [3.05, 3.63) is 33.8 Å². The number of amides is 2. The molecule has 5 nitrogen and oxygen atoms in total. The van der Waals surface area contributed by atoms with Crippen LogP contribution in [0.25, 0.3) is 0 Å². The summed E-state index contributed by atoms with van der Waals surface area (Å²) in [6.07, 6.45) is 5.07. The summed E-state index contributed by atoms with van der Waals surface area (Å²) in [5.41, 5.74) is -0.0523. The van der Waals surface area contributed by atoms with Gasteiger partial charge in [-0.1, -0.05) is 36.0 Å². The maximum absolute atomic E-state index is 12.7. The van der Waals surface area contributed by atoms with Crippen LogP contribution in [0, 0.1) is 11.3 Å². The summed E-state index contributed by atoms with van der Waals surface area (Å²) in [5.74, 6) is 0.551. The molecule has 7 heteroatoms. The van der Waals surface area contributed by atoms with Crippen molar-refractivity contribution in [1.29, 1.82) is 0 Å². The summed E-state index contributed by atoms with van der Waals surface area (Å²) in [4.78, 5) is 26.8. The number of rotatable bonds is 5. The molecule has 0 aromatic heterocycles. The second-order valence-corrected chi connectivity index (χ2v) is 10.3. The minimum atomic E-state index is -0.495. The number of halogens is 2. The van der Waals surface area contributed by atoms with E-state index in [0.29, 0.717) is 35.2 Å². The average Bonchev–Trinajstić information content (AvgIpc) is 3.43. The van der Waals surface area contributed by atoms with Crippen LogP contribution >= 0.6 is 23.2 Å². The number of hydrogen-bond acceptors (Lipinski definition) is 3. The number of carbonyl (C=O) groups excluding carboxylic acids is 2. The Morgan fingerprint density at radius 2 is 1.86 bits per heavy atom. The number of nitrogens with zero attached hydrogens (tertiary/aromatic N) is 1. The topological polar surface area (TPSA) is 58.6 Å². The first-order chi connectivity index (χ1) is 13.6. The van der Waals surface area contributed by atoms with Crippen LogP contribution in [0.5, 0.6) is 0 Å². The van der Waals surface area contributed by atoms with E-state index >= 15 is 0 Å². The second kappa shape index (κ2) is 8.73. The van der Waals surface area contributed by atoms with Crippen molar-refractivity contribution in [2.75, 3.05) is 19.6 Å². The van der Waals surface area contributed by atoms with Gasteiger partial charge in [0.25, 0.3) is 5.91 Å². The number of likely N-dealkylation sites (tertiary alicyclic amines) is 1. The van der Waals surface area contributed by atoms with E-state index in [2.05, 4.69) is 5.32 Å². The molecule has 3 rings (SSSR count). The summed E-state index contributed by atoms with van der Waals surface area (Å²) in [5, 5.41) is 3.94. The van der Waals surface area contributed by atoms with E-state index in [1.54, 1.807) is 23.1 Å². The number of benzene rings is 1. The first-order valence-corrected chi connectivity index (χ1v) is 11.0. The molecule has 0 unspecified atom stereocenters. The predicted molar refractivity (Wildman–Crippen MR) is 116 cm³/mol. The summed E-state index contributed by atoms with van der Waals surface area (Å²) in [7, 11) is 0. The van der Waals surface area contributed by atoms with E-state index in [-0.39, 0.29) is 17.4 Å². The zero-order valence-electron chi connectivity index (χ0n) is 17.4. The van der Waals surface area contributed by atoms with E-state index in [4.69, 9.17) is 27.9 Å². The van der Waals surface area contributed by atoms with E-state index in [0.717, 1.165) is 25.2 Å². The lowest BCUT2D eigenvalue weighted by atomic mass is 9.74. The standard InChI is InChI=1S/C22H30Cl2N2O3/c1-21(2,3)29-20(28)26-10-8-22(9-11-26,13-15-4-5-15)14-25-19(27)17-7-6-16(23)12-18(17)24/h6-7,12,15H,4-5,8-11,13-14H2,1-3H3,(H,25,27). The van der Waals surface area contributed by atoms with Crippen LogP contribution in [0.15, 0.2) is 18.2 Å². The summed E-state index contributed by atoms with van der Waals surface area (Å²) < 4.78 is 5.51. The van der Waals surface area contributed by atoms with Gasteiger partial charge in [-0.25, -0.2) is 4.79 Å². The molecule has 0 atom stereocenters. The number of carbonyl (C=O) groups is 2. The molecule has 2 aliphatic rings. The quantitative estimate of drug-likeness (QED) is 0.653. The van der Waals surface area contributed by atoms with Crippen LogP contribution in [0.1, 0.15) is 63.2 Å². The van der Waals surface area contributed by atoms with Gasteiger partial charge >= 0.3 is 6.09 Å². The van der Waals surface area contributed by atoms with E-state index in [1.807, 2.05) is 20.8 Å². The van der Waals surface area contributed by atoms with Crippen molar-refractivity contribution in [3.8, 4) is 0 Å². The molecule has 1 N–H and O–H groups in total.